The van der Waals surface area contributed by atoms with E-state index in [2.05, 4.69) is 10.2 Å². The van der Waals surface area contributed by atoms with Gasteiger partial charge in [0.15, 0.2) is 0 Å². The highest BCUT2D eigenvalue weighted by atomic mass is 32.2. The number of nitrogens with zero attached hydrogens (tertiary/aromatic N) is 2. The van der Waals surface area contributed by atoms with E-state index in [0.29, 0.717) is 19.7 Å². The first-order chi connectivity index (χ1) is 8.55. The van der Waals surface area contributed by atoms with Crippen LogP contribution >= 0.6 is 0 Å². The molecule has 0 aliphatic carbocycles. The minimum Gasteiger partial charge on any atom is -0.384 e. The summed E-state index contributed by atoms with van der Waals surface area (Å²) < 4.78 is 31.3. The normalized spacial score (nSPS) is 22.2. The number of methoxy groups -OCH3 is 1. The number of anilines is 1. The number of nitrogens with one attached hydrogen (secondary N) is 1. The number of H-pyrrole nitrogens is 1. The van der Waals surface area contributed by atoms with Crippen molar-refractivity contribution in [3.63, 3.8) is 0 Å². The van der Waals surface area contributed by atoms with Crippen molar-refractivity contribution in [2.24, 2.45) is 5.92 Å². The highest BCUT2D eigenvalue weighted by Gasteiger charge is 2.32. The Morgan fingerprint density at radius 1 is 1.67 bits per heavy atom. The summed E-state index contributed by atoms with van der Waals surface area (Å²) in [6.07, 6.45) is 3.08. The van der Waals surface area contributed by atoms with Crippen molar-refractivity contribution in [3.05, 3.63) is 6.20 Å². The maximum atomic E-state index is 12.4. The second-order valence-electron chi connectivity index (χ2n) is 4.47. The first-order valence-electron chi connectivity index (χ1n) is 5.83. The van der Waals surface area contributed by atoms with Gasteiger partial charge in [-0.2, -0.15) is 9.40 Å². The molecule has 1 aromatic heterocycles. The minimum atomic E-state index is -3.54. The Morgan fingerprint density at radius 2 is 2.44 bits per heavy atom. The van der Waals surface area contributed by atoms with E-state index in [4.69, 9.17) is 10.5 Å². The standard InChI is InChI=1S/C10H18N4O3S/c1-17-7-8-3-2-4-14(6-8)18(15,16)9-5-12-13-10(9)11/h5,8H,2-4,6-7H2,1H3,(H3,11,12,13). The molecule has 0 aromatic carbocycles. The maximum absolute atomic E-state index is 12.4. The van der Waals surface area contributed by atoms with Crippen LogP contribution in [0.1, 0.15) is 12.8 Å². The van der Waals surface area contributed by atoms with Gasteiger partial charge in [-0.15, -0.1) is 0 Å². The minimum absolute atomic E-state index is 0.0561. The molecule has 3 N–H and O–H groups in total. The van der Waals surface area contributed by atoms with Crippen LogP contribution in [0.3, 0.4) is 0 Å². The van der Waals surface area contributed by atoms with Crippen molar-refractivity contribution < 1.29 is 13.2 Å². The highest BCUT2D eigenvalue weighted by molar-refractivity contribution is 7.89. The molecule has 18 heavy (non-hydrogen) atoms. The van der Waals surface area contributed by atoms with Crippen LogP contribution in [0.15, 0.2) is 11.1 Å². The molecule has 0 spiro atoms. The lowest BCUT2D eigenvalue weighted by Crippen LogP contribution is -2.41. The Balaban J connectivity index is 2.18. The SMILES string of the molecule is COCC1CCCN(S(=O)(=O)c2cn[nH]c2N)C1. The molecule has 1 aliphatic heterocycles. The summed E-state index contributed by atoms with van der Waals surface area (Å²) in [5, 5.41) is 6.11. The molecule has 102 valence electrons. The van der Waals surface area contributed by atoms with E-state index in [-0.39, 0.29) is 16.6 Å². The van der Waals surface area contributed by atoms with E-state index >= 15 is 0 Å². The predicted molar refractivity (Wildman–Crippen MR) is 66.4 cm³/mol. The average Bonchev–Trinajstić information content (AvgIpc) is 2.77. The van der Waals surface area contributed by atoms with Gasteiger partial charge in [-0.3, -0.25) is 5.10 Å². The lowest BCUT2D eigenvalue weighted by atomic mass is 10.0. The van der Waals surface area contributed by atoms with Crippen LogP contribution in [0.4, 0.5) is 5.82 Å². The molecule has 0 bridgehead atoms. The van der Waals surface area contributed by atoms with Crippen LogP contribution in [0.5, 0.6) is 0 Å². The number of rotatable bonds is 4. The molecule has 7 nitrogen and oxygen atoms in total. The molecule has 2 rings (SSSR count). The number of sulfonamides is 1. The fourth-order valence-corrected chi connectivity index (χ4v) is 3.81. The zero-order valence-corrected chi connectivity index (χ0v) is 11.1. The fourth-order valence-electron chi connectivity index (χ4n) is 2.25. The summed E-state index contributed by atoms with van der Waals surface area (Å²) >= 11 is 0. The molecule has 1 fully saturated rings. The summed E-state index contributed by atoms with van der Waals surface area (Å²) in [6, 6.07) is 0. The lowest BCUT2D eigenvalue weighted by molar-refractivity contribution is 0.118. The van der Waals surface area contributed by atoms with Crippen LogP contribution in [0.2, 0.25) is 0 Å². The van der Waals surface area contributed by atoms with Crippen molar-refractivity contribution in [2.45, 2.75) is 17.7 Å². The summed E-state index contributed by atoms with van der Waals surface area (Å²) in [6.45, 7) is 1.57. The van der Waals surface area contributed by atoms with E-state index in [1.165, 1.54) is 10.5 Å². The quantitative estimate of drug-likeness (QED) is 0.807. The molecular formula is C10H18N4O3S. The molecule has 0 radical (unpaired) electrons. The predicted octanol–water partition coefficient (Wildman–Crippen LogP) is 0.0390. The summed E-state index contributed by atoms with van der Waals surface area (Å²) in [5.74, 6) is 0.329. The number of aromatic nitrogens is 2. The molecule has 8 heteroatoms. The van der Waals surface area contributed by atoms with Gasteiger partial charge in [0.1, 0.15) is 10.7 Å². The van der Waals surface area contributed by atoms with Gasteiger partial charge in [0.25, 0.3) is 0 Å². The highest BCUT2D eigenvalue weighted by Crippen LogP contribution is 2.25. The average molecular weight is 274 g/mol. The number of aromatic amines is 1. The van der Waals surface area contributed by atoms with Crippen molar-refractivity contribution in [1.29, 1.82) is 0 Å². The third-order valence-corrected chi connectivity index (χ3v) is 5.03. The van der Waals surface area contributed by atoms with E-state index in [1.54, 1.807) is 7.11 Å². The number of ether oxygens (including phenoxy) is 1. The van der Waals surface area contributed by atoms with Gasteiger partial charge in [0.05, 0.1) is 12.8 Å². The molecule has 0 saturated carbocycles. The van der Waals surface area contributed by atoms with E-state index in [0.717, 1.165) is 12.8 Å². The van der Waals surface area contributed by atoms with Gasteiger partial charge in [-0.05, 0) is 18.8 Å². The van der Waals surface area contributed by atoms with Crippen molar-refractivity contribution in [3.8, 4) is 0 Å². The zero-order valence-electron chi connectivity index (χ0n) is 10.3. The lowest BCUT2D eigenvalue weighted by Gasteiger charge is -2.31. The van der Waals surface area contributed by atoms with Crippen LogP contribution in [0.25, 0.3) is 0 Å². The van der Waals surface area contributed by atoms with Crippen LogP contribution in [-0.4, -0.2) is 49.7 Å². The second kappa shape index (κ2) is 5.25. The molecule has 1 aromatic rings. The van der Waals surface area contributed by atoms with Gasteiger partial charge in [-0.1, -0.05) is 0 Å². The first-order valence-corrected chi connectivity index (χ1v) is 7.27. The Hall–Kier alpha value is -1.12. The monoisotopic (exact) mass is 274 g/mol. The van der Waals surface area contributed by atoms with Gasteiger partial charge in [-0.25, -0.2) is 8.42 Å². The van der Waals surface area contributed by atoms with Crippen molar-refractivity contribution in [1.82, 2.24) is 14.5 Å². The third kappa shape index (κ3) is 2.50. The topological polar surface area (TPSA) is 101 Å². The molecule has 2 heterocycles. The summed E-state index contributed by atoms with van der Waals surface area (Å²) in [5.41, 5.74) is 5.58. The Labute approximate surface area is 106 Å². The van der Waals surface area contributed by atoms with Crippen LogP contribution in [-0.2, 0) is 14.8 Å². The van der Waals surface area contributed by atoms with Gasteiger partial charge in [0, 0.05) is 20.2 Å². The third-order valence-electron chi connectivity index (χ3n) is 3.13. The number of piperidine rings is 1. The molecular weight excluding hydrogens is 256 g/mol. The number of hydrogen-bond donors (Lipinski definition) is 2. The molecule has 0 amide bonds. The maximum Gasteiger partial charge on any atom is 0.248 e. The van der Waals surface area contributed by atoms with Crippen LogP contribution < -0.4 is 5.73 Å². The largest absolute Gasteiger partial charge is 0.384 e. The Bertz CT molecular complexity index is 497. The Kier molecular flexibility index (Phi) is 3.88. The molecule has 1 unspecified atom stereocenters. The second-order valence-corrected chi connectivity index (χ2v) is 6.38. The first kappa shape index (κ1) is 13.3. The summed E-state index contributed by atoms with van der Waals surface area (Å²) in [7, 11) is -1.92. The van der Waals surface area contributed by atoms with E-state index in [1.807, 2.05) is 0 Å². The van der Waals surface area contributed by atoms with Gasteiger partial charge in [0.2, 0.25) is 10.0 Å². The van der Waals surface area contributed by atoms with Crippen molar-refractivity contribution in [2.75, 3.05) is 32.5 Å². The van der Waals surface area contributed by atoms with Crippen molar-refractivity contribution >= 4 is 15.8 Å². The zero-order chi connectivity index (χ0) is 13.2. The number of hydrogen-bond acceptors (Lipinski definition) is 5. The van der Waals surface area contributed by atoms with Gasteiger partial charge >= 0.3 is 0 Å². The smallest absolute Gasteiger partial charge is 0.248 e. The molecule has 1 saturated heterocycles. The molecule has 1 aliphatic rings. The molecule has 1 atom stereocenters. The van der Waals surface area contributed by atoms with Gasteiger partial charge < -0.3 is 10.5 Å². The fraction of sp³-hybridized carbons (Fsp3) is 0.700. The number of nitrogens with two attached hydrogens (primary N) is 1. The van der Waals surface area contributed by atoms with E-state index < -0.39 is 10.0 Å². The van der Waals surface area contributed by atoms with Crippen LogP contribution in [0, 0.1) is 5.92 Å². The summed E-state index contributed by atoms with van der Waals surface area (Å²) in [4.78, 5) is 0.0561. The number of nitrogen functional groups attached to an aromatic ring is 1. The van der Waals surface area contributed by atoms with E-state index in [9.17, 15) is 8.42 Å². The Morgan fingerprint density at radius 3 is 3.06 bits per heavy atom.